The van der Waals surface area contributed by atoms with Crippen LogP contribution in [0.5, 0.6) is 0 Å². The van der Waals surface area contributed by atoms with Crippen LogP contribution in [-0.4, -0.2) is 53.5 Å². The van der Waals surface area contributed by atoms with E-state index in [1.54, 1.807) is 16.7 Å². The first kappa shape index (κ1) is 10.2. The molecule has 2 fully saturated rings. The molecule has 1 amide bonds. The number of amides is 1. The van der Waals surface area contributed by atoms with Gasteiger partial charge in [0.15, 0.2) is 0 Å². The van der Waals surface area contributed by atoms with Crippen molar-refractivity contribution in [2.75, 3.05) is 21.1 Å². The quantitative estimate of drug-likeness (QED) is 0.522. The molecule has 0 aliphatic carbocycles. The van der Waals surface area contributed by atoms with Gasteiger partial charge in [0, 0.05) is 12.8 Å². The first-order valence-corrected chi connectivity index (χ1v) is 4.92. The predicted molar refractivity (Wildman–Crippen MR) is 51.5 cm³/mol. The van der Waals surface area contributed by atoms with Gasteiger partial charge in [-0.15, -0.1) is 5.06 Å². The monoisotopic (exact) mass is 214 g/mol. The molecular weight excluding hydrogens is 198 g/mol. The maximum absolute atomic E-state index is 11.6. The van der Waals surface area contributed by atoms with Crippen molar-refractivity contribution in [2.45, 2.75) is 25.5 Å². The van der Waals surface area contributed by atoms with Crippen LogP contribution < -0.4 is 0 Å². The van der Waals surface area contributed by atoms with Crippen molar-refractivity contribution in [3.63, 3.8) is 0 Å². The summed E-state index contributed by atoms with van der Waals surface area (Å²) in [5.41, 5.74) is -0.661. The van der Waals surface area contributed by atoms with Gasteiger partial charge in [0.2, 0.25) is 5.72 Å². The Morgan fingerprint density at radius 1 is 1.47 bits per heavy atom. The van der Waals surface area contributed by atoms with Crippen molar-refractivity contribution in [3.8, 4) is 0 Å². The molecule has 0 spiro atoms. The summed E-state index contributed by atoms with van der Waals surface area (Å²) < 4.78 is 1.76. The molecule has 15 heavy (non-hydrogen) atoms. The standard InChI is InChI=1S/C9H16N3O3/c1-9-6-5-7(13)12(9)14-8(10(2)3)11(4)15-9/h5-6H2,1-4H3/q+1. The van der Waals surface area contributed by atoms with Crippen LogP contribution in [0.4, 0.5) is 0 Å². The van der Waals surface area contributed by atoms with Crippen LogP contribution in [0.2, 0.25) is 0 Å². The summed E-state index contributed by atoms with van der Waals surface area (Å²) >= 11 is 0. The van der Waals surface area contributed by atoms with E-state index in [-0.39, 0.29) is 5.91 Å². The van der Waals surface area contributed by atoms with E-state index in [9.17, 15) is 4.79 Å². The molecule has 0 saturated carbocycles. The number of amidine groups is 1. The van der Waals surface area contributed by atoms with Crippen LogP contribution in [0.15, 0.2) is 0 Å². The molecule has 0 aromatic rings. The maximum atomic E-state index is 11.6. The minimum atomic E-state index is -0.661. The van der Waals surface area contributed by atoms with Crippen molar-refractivity contribution in [1.82, 2.24) is 10.1 Å². The molecule has 2 aliphatic heterocycles. The van der Waals surface area contributed by atoms with Gasteiger partial charge in [0.1, 0.15) is 7.05 Å². The molecule has 84 valence electrons. The molecule has 0 aromatic carbocycles. The fraction of sp³-hybridized carbons (Fsp3) is 0.778. The molecule has 0 aromatic heterocycles. The van der Waals surface area contributed by atoms with E-state index < -0.39 is 5.72 Å². The van der Waals surface area contributed by atoms with Gasteiger partial charge in [-0.2, -0.15) is 4.84 Å². The third-order valence-electron chi connectivity index (χ3n) is 2.62. The van der Waals surface area contributed by atoms with E-state index in [0.717, 1.165) is 0 Å². The molecule has 1 atom stereocenters. The second-order valence-corrected chi connectivity index (χ2v) is 4.22. The van der Waals surface area contributed by atoms with Gasteiger partial charge in [-0.1, -0.05) is 5.06 Å². The topological polar surface area (TPSA) is 45.0 Å². The Morgan fingerprint density at radius 3 is 2.73 bits per heavy atom. The van der Waals surface area contributed by atoms with Crippen molar-refractivity contribution >= 4 is 11.9 Å². The van der Waals surface area contributed by atoms with Crippen LogP contribution in [0.3, 0.4) is 0 Å². The fourth-order valence-electron chi connectivity index (χ4n) is 1.87. The van der Waals surface area contributed by atoms with Gasteiger partial charge in [0.25, 0.3) is 5.91 Å². The first-order valence-electron chi connectivity index (χ1n) is 4.92. The molecule has 0 N–H and O–H groups in total. The molecule has 2 rings (SSSR count). The van der Waals surface area contributed by atoms with Crippen LogP contribution >= 0.6 is 0 Å². The Morgan fingerprint density at radius 2 is 2.13 bits per heavy atom. The van der Waals surface area contributed by atoms with E-state index in [1.807, 2.05) is 21.0 Å². The third kappa shape index (κ3) is 1.45. The number of fused-ring (bicyclic) bond motifs is 1. The highest BCUT2D eigenvalue weighted by Gasteiger charge is 2.54. The molecule has 0 bridgehead atoms. The minimum Gasteiger partial charge on any atom is -0.295 e. The van der Waals surface area contributed by atoms with Gasteiger partial charge >= 0.3 is 6.02 Å². The van der Waals surface area contributed by atoms with Crippen molar-refractivity contribution < 1.29 is 19.0 Å². The van der Waals surface area contributed by atoms with Crippen molar-refractivity contribution in [1.29, 1.82) is 0 Å². The van der Waals surface area contributed by atoms with Crippen LogP contribution in [-0.2, 0) is 14.5 Å². The first-order chi connectivity index (χ1) is 6.94. The number of hydrogen-bond acceptors (Lipinski definition) is 3. The zero-order chi connectivity index (χ0) is 11.2. The van der Waals surface area contributed by atoms with Gasteiger partial charge in [-0.3, -0.25) is 9.63 Å². The van der Waals surface area contributed by atoms with Crippen LogP contribution in [0.1, 0.15) is 19.8 Å². The smallest absolute Gasteiger partial charge is 0.295 e. The van der Waals surface area contributed by atoms with Gasteiger partial charge in [-0.05, 0) is 6.92 Å². The lowest BCUT2D eigenvalue weighted by atomic mass is 10.2. The molecule has 1 unspecified atom stereocenters. The Balaban J connectivity index is 2.31. The lowest BCUT2D eigenvalue weighted by molar-refractivity contribution is -0.509. The zero-order valence-corrected chi connectivity index (χ0v) is 9.48. The second kappa shape index (κ2) is 3.10. The van der Waals surface area contributed by atoms with Crippen molar-refractivity contribution in [2.24, 2.45) is 0 Å². The number of nitrogens with zero attached hydrogens (tertiary/aromatic N) is 3. The van der Waals surface area contributed by atoms with E-state index in [4.69, 9.17) is 9.68 Å². The number of carbonyl (C=O) groups is 1. The van der Waals surface area contributed by atoms with E-state index >= 15 is 0 Å². The highest BCUT2D eigenvalue weighted by molar-refractivity contribution is 5.80. The highest BCUT2D eigenvalue weighted by atomic mass is 16.9. The molecule has 2 heterocycles. The third-order valence-corrected chi connectivity index (χ3v) is 2.62. The number of hydroxylamine groups is 4. The zero-order valence-electron chi connectivity index (χ0n) is 9.48. The van der Waals surface area contributed by atoms with E-state index in [0.29, 0.717) is 18.9 Å². The molecule has 6 heteroatoms. The molecule has 2 saturated heterocycles. The summed E-state index contributed by atoms with van der Waals surface area (Å²) in [6.07, 6.45) is 1.11. The van der Waals surface area contributed by atoms with Gasteiger partial charge in [0.05, 0.1) is 14.1 Å². The number of carbonyl (C=O) groups excluding carboxylic acids is 1. The lowest BCUT2D eigenvalue weighted by Crippen LogP contribution is -2.58. The van der Waals surface area contributed by atoms with Crippen LogP contribution in [0, 0.1) is 0 Å². The summed E-state index contributed by atoms with van der Waals surface area (Å²) in [5, 5.41) is 2.87. The summed E-state index contributed by atoms with van der Waals surface area (Å²) in [6.45, 7) is 1.85. The Kier molecular flexibility index (Phi) is 2.11. The van der Waals surface area contributed by atoms with E-state index in [1.165, 1.54) is 5.06 Å². The lowest BCUT2D eigenvalue weighted by Gasteiger charge is -2.37. The summed E-state index contributed by atoms with van der Waals surface area (Å²) in [6, 6.07) is 0.503. The summed E-state index contributed by atoms with van der Waals surface area (Å²) in [5.74, 6) is -0.0371. The van der Waals surface area contributed by atoms with Gasteiger partial charge in [-0.25, -0.2) is 4.58 Å². The average molecular weight is 214 g/mol. The number of hydrogen-bond donors (Lipinski definition) is 0. The predicted octanol–water partition coefficient (Wildman–Crippen LogP) is -0.238. The normalized spacial score (nSPS) is 30.4. The highest BCUT2D eigenvalue weighted by Crippen LogP contribution is 2.35. The Labute approximate surface area is 88.6 Å². The summed E-state index contributed by atoms with van der Waals surface area (Å²) in [4.78, 5) is 22.8. The molecular formula is C9H16N3O3+. The average Bonchev–Trinajstić information content (AvgIpc) is 2.40. The molecule has 0 radical (unpaired) electrons. The van der Waals surface area contributed by atoms with E-state index in [2.05, 4.69) is 0 Å². The van der Waals surface area contributed by atoms with Gasteiger partial charge < -0.3 is 0 Å². The Hall–Kier alpha value is -1.30. The largest absolute Gasteiger partial charge is 0.501 e. The molecule has 6 nitrogen and oxygen atoms in total. The Bertz CT molecular complexity index is 337. The van der Waals surface area contributed by atoms with Crippen LogP contribution in [0.25, 0.3) is 0 Å². The number of rotatable bonds is 0. The second-order valence-electron chi connectivity index (χ2n) is 4.22. The SMILES string of the molecule is CN1OC2(C)CCC(=O)N2OC1=[N+](C)C. The van der Waals surface area contributed by atoms with Crippen molar-refractivity contribution in [3.05, 3.63) is 0 Å². The minimum absolute atomic E-state index is 0.0371. The fourth-order valence-corrected chi connectivity index (χ4v) is 1.87. The molecule has 2 aliphatic rings. The summed E-state index contributed by atoms with van der Waals surface area (Å²) in [7, 11) is 5.43. The maximum Gasteiger partial charge on any atom is 0.501 e.